The van der Waals surface area contributed by atoms with Crippen LogP contribution in [0.4, 0.5) is 0 Å². The number of aryl methyl sites for hydroxylation is 2. The summed E-state index contributed by atoms with van der Waals surface area (Å²) in [6, 6.07) is 7.57. The SMILES string of the molecule is CCCNC(CSc1ccc(C)c(C)c1)C1CCCC1. The summed E-state index contributed by atoms with van der Waals surface area (Å²) in [6.07, 6.45) is 6.95. The quantitative estimate of drug-likeness (QED) is 0.713. The minimum Gasteiger partial charge on any atom is -0.313 e. The first kappa shape index (κ1) is 15.9. The summed E-state index contributed by atoms with van der Waals surface area (Å²) in [5, 5.41) is 3.79. The van der Waals surface area contributed by atoms with Gasteiger partial charge in [-0.05, 0) is 68.8 Å². The van der Waals surface area contributed by atoms with E-state index in [4.69, 9.17) is 0 Å². The number of hydrogen-bond donors (Lipinski definition) is 1. The smallest absolute Gasteiger partial charge is 0.0189 e. The topological polar surface area (TPSA) is 12.0 Å². The molecule has 1 unspecified atom stereocenters. The second kappa shape index (κ2) is 8.09. The monoisotopic (exact) mass is 291 g/mol. The van der Waals surface area contributed by atoms with Gasteiger partial charge in [0.2, 0.25) is 0 Å². The number of rotatable bonds is 7. The van der Waals surface area contributed by atoms with Crippen LogP contribution in [0, 0.1) is 19.8 Å². The van der Waals surface area contributed by atoms with Gasteiger partial charge in [-0.15, -0.1) is 11.8 Å². The molecule has 1 N–H and O–H groups in total. The fourth-order valence-electron chi connectivity index (χ4n) is 3.04. The largest absolute Gasteiger partial charge is 0.313 e. The van der Waals surface area contributed by atoms with E-state index in [2.05, 4.69) is 44.3 Å². The zero-order valence-corrected chi connectivity index (χ0v) is 14.1. The van der Waals surface area contributed by atoms with Gasteiger partial charge >= 0.3 is 0 Å². The Labute approximate surface area is 128 Å². The molecule has 1 aromatic rings. The fraction of sp³-hybridized carbons (Fsp3) is 0.667. The van der Waals surface area contributed by atoms with Crippen LogP contribution >= 0.6 is 11.8 Å². The summed E-state index contributed by atoms with van der Waals surface area (Å²) in [4.78, 5) is 1.43. The van der Waals surface area contributed by atoms with Crippen LogP contribution in [-0.4, -0.2) is 18.3 Å². The molecule has 0 amide bonds. The average molecular weight is 292 g/mol. The minimum absolute atomic E-state index is 0.698. The second-order valence-electron chi connectivity index (χ2n) is 6.16. The zero-order chi connectivity index (χ0) is 14.4. The Morgan fingerprint density at radius 1 is 1.20 bits per heavy atom. The lowest BCUT2D eigenvalue weighted by Gasteiger charge is -2.24. The van der Waals surface area contributed by atoms with E-state index >= 15 is 0 Å². The highest BCUT2D eigenvalue weighted by Gasteiger charge is 2.24. The van der Waals surface area contributed by atoms with Crippen LogP contribution in [0.25, 0.3) is 0 Å². The van der Waals surface area contributed by atoms with Crippen molar-refractivity contribution in [3.63, 3.8) is 0 Å². The van der Waals surface area contributed by atoms with Crippen molar-refractivity contribution in [2.24, 2.45) is 5.92 Å². The molecule has 1 saturated carbocycles. The van der Waals surface area contributed by atoms with Gasteiger partial charge in [0.25, 0.3) is 0 Å². The van der Waals surface area contributed by atoms with E-state index < -0.39 is 0 Å². The lowest BCUT2D eigenvalue weighted by atomic mass is 10.00. The van der Waals surface area contributed by atoms with E-state index in [9.17, 15) is 0 Å². The van der Waals surface area contributed by atoms with Gasteiger partial charge in [0.15, 0.2) is 0 Å². The highest BCUT2D eigenvalue weighted by Crippen LogP contribution is 2.31. The molecule has 0 aromatic heterocycles. The summed E-state index contributed by atoms with van der Waals surface area (Å²) < 4.78 is 0. The first-order valence-electron chi connectivity index (χ1n) is 8.14. The Kier molecular flexibility index (Phi) is 6.44. The molecular formula is C18H29NS. The molecule has 1 aliphatic rings. The van der Waals surface area contributed by atoms with Crippen LogP contribution in [-0.2, 0) is 0 Å². The van der Waals surface area contributed by atoms with Crippen LogP contribution in [0.2, 0.25) is 0 Å². The van der Waals surface area contributed by atoms with Gasteiger partial charge in [0.05, 0.1) is 0 Å². The summed E-state index contributed by atoms with van der Waals surface area (Å²) in [6.45, 7) is 7.82. The van der Waals surface area contributed by atoms with Gasteiger partial charge in [0, 0.05) is 16.7 Å². The molecule has 0 bridgehead atoms. The maximum absolute atomic E-state index is 3.79. The van der Waals surface area contributed by atoms with Crippen molar-refractivity contribution in [3.05, 3.63) is 29.3 Å². The van der Waals surface area contributed by atoms with Gasteiger partial charge in [-0.1, -0.05) is 25.8 Å². The zero-order valence-electron chi connectivity index (χ0n) is 13.2. The van der Waals surface area contributed by atoms with Crippen LogP contribution in [0.3, 0.4) is 0 Å². The Morgan fingerprint density at radius 3 is 2.60 bits per heavy atom. The van der Waals surface area contributed by atoms with Crippen molar-refractivity contribution in [1.82, 2.24) is 5.32 Å². The predicted octanol–water partition coefficient (Wildman–Crippen LogP) is 4.95. The van der Waals surface area contributed by atoms with Gasteiger partial charge < -0.3 is 5.32 Å². The molecule has 0 radical (unpaired) electrons. The Morgan fingerprint density at radius 2 is 1.95 bits per heavy atom. The lowest BCUT2D eigenvalue weighted by molar-refractivity contribution is 0.388. The normalized spacial score (nSPS) is 17.6. The van der Waals surface area contributed by atoms with E-state index in [1.807, 2.05) is 11.8 Å². The Bertz CT molecular complexity index is 410. The molecule has 1 fully saturated rings. The van der Waals surface area contributed by atoms with Crippen molar-refractivity contribution in [2.75, 3.05) is 12.3 Å². The molecule has 0 heterocycles. The molecule has 1 atom stereocenters. The lowest BCUT2D eigenvalue weighted by Crippen LogP contribution is -2.37. The first-order chi connectivity index (χ1) is 9.70. The van der Waals surface area contributed by atoms with E-state index in [0.717, 1.165) is 12.5 Å². The molecule has 1 aromatic carbocycles. The van der Waals surface area contributed by atoms with E-state index in [-0.39, 0.29) is 0 Å². The first-order valence-corrected chi connectivity index (χ1v) is 9.12. The van der Waals surface area contributed by atoms with E-state index in [0.29, 0.717) is 6.04 Å². The Balaban J connectivity index is 1.91. The van der Waals surface area contributed by atoms with Crippen molar-refractivity contribution < 1.29 is 0 Å². The predicted molar refractivity (Wildman–Crippen MR) is 90.7 cm³/mol. The molecule has 112 valence electrons. The van der Waals surface area contributed by atoms with Gasteiger partial charge in [0.1, 0.15) is 0 Å². The second-order valence-corrected chi connectivity index (χ2v) is 7.26. The van der Waals surface area contributed by atoms with Gasteiger partial charge in [-0.3, -0.25) is 0 Å². The van der Waals surface area contributed by atoms with Crippen LogP contribution < -0.4 is 5.32 Å². The van der Waals surface area contributed by atoms with Crippen molar-refractivity contribution in [3.8, 4) is 0 Å². The third-order valence-electron chi connectivity index (χ3n) is 4.53. The summed E-state index contributed by atoms with van der Waals surface area (Å²) in [5.41, 5.74) is 2.81. The third kappa shape index (κ3) is 4.53. The summed E-state index contributed by atoms with van der Waals surface area (Å²) >= 11 is 2.03. The molecule has 1 aliphatic carbocycles. The maximum Gasteiger partial charge on any atom is 0.0189 e. The van der Waals surface area contributed by atoms with E-state index in [1.54, 1.807) is 0 Å². The summed E-state index contributed by atoms with van der Waals surface area (Å²) in [5.74, 6) is 2.12. The Hall–Kier alpha value is -0.470. The molecule has 2 heteroatoms. The molecule has 2 rings (SSSR count). The van der Waals surface area contributed by atoms with E-state index in [1.165, 1.54) is 53.9 Å². The molecule has 0 aliphatic heterocycles. The highest BCUT2D eigenvalue weighted by atomic mass is 32.2. The van der Waals surface area contributed by atoms with Crippen molar-refractivity contribution >= 4 is 11.8 Å². The van der Waals surface area contributed by atoms with Crippen LogP contribution in [0.15, 0.2) is 23.1 Å². The number of nitrogens with one attached hydrogen (secondary N) is 1. The van der Waals surface area contributed by atoms with Gasteiger partial charge in [-0.2, -0.15) is 0 Å². The van der Waals surface area contributed by atoms with Crippen molar-refractivity contribution in [1.29, 1.82) is 0 Å². The standard InChI is InChI=1S/C18H29NS/c1-4-11-19-18(16-7-5-6-8-16)13-20-17-10-9-14(2)15(3)12-17/h9-10,12,16,18-19H,4-8,11,13H2,1-3H3. The molecule has 0 saturated heterocycles. The van der Waals surface area contributed by atoms with Crippen LogP contribution in [0.1, 0.15) is 50.2 Å². The van der Waals surface area contributed by atoms with Crippen LogP contribution in [0.5, 0.6) is 0 Å². The summed E-state index contributed by atoms with van der Waals surface area (Å²) in [7, 11) is 0. The highest BCUT2D eigenvalue weighted by molar-refractivity contribution is 7.99. The molecule has 20 heavy (non-hydrogen) atoms. The number of hydrogen-bond acceptors (Lipinski definition) is 2. The third-order valence-corrected chi connectivity index (χ3v) is 5.65. The minimum atomic E-state index is 0.698. The fourth-order valence-corrected chi connectivity index (χ4v) is 4.23. The average Bonchev–Trinajstić information content (AvgIpc) is 2.97. The van der Waals surface area contributed by atoms with Gasteiger partial charge in [-0.25, -0.2) is 0 Å². The maximum atomic E-state index is 3.79. The molecule has 0 spiro atoms. The number of thioether (sulfide) groups is 1. The molecular weight excluding hydrogens is 262 g/mol. The number of benzene rings is 1. The molecule has 1 nitrogen and oxygen atoms in total. The van der Waals surface area contributed by atoms with Crippen molar-refractivity contribution in [2.45, 2.75) is 63.8 Å².